The van der Waals surface area contributed by atoms with Crippen molar-refractivity contribution in [1.82, 2.24) is 0 Å². The number of rotatable bonds is 7. The number of aryl methyl sites for hydroxylation is 1. The molecule has 0 heterocycles. The lowest BCUT2D eigenvalue weighted by atomic mass is 10.1. The first-order valence-corrected chi connectivity index (χ1v) is 7.21. The van der Waals surface area contributed by atoms with Crippen LogP contribution in [-0.2, 0) is 9.53 Å². The van der Waals surface area contributed by atoms with Gasteiger partial charge in [-0.2, -0.15) is 0 Å². The highest BCUT2D eigenvalue weighted by atomic mass is 32.1. The standard InChI is InChI=1S/C15H22N2O2S/c1-4-8-17(10-14(18)19-5-2)13-7-6-11(3)9-12(13)15(16)20/h6-7,9H,4-5,8,10H2,1-3H3,(H2,16,20). The third-order valence-electron chi connectivity index (χ3n) is 2.88. The summed E-state index contributed by atoms with van der Waals surface area (Å²) in [6.45, 7) is 7.19. The van der Waals surface area contributed by atoms with Gasteiger partial charge in [0.15, 0.2) is 0 Å². The number of hydrogen-bond acceptors (Lipinski definition) is 4. The molecule has 5 heteroatoms. The molecule has 0 fully saturated rings. The highest BCUT2D eigenvalue weighted by molar-refractivity contribution is 7.80. The number of carbonyl (C=O) groups excluding carboxylic acids is 1. The van der Waals surface area contributed by atoms with Gasteiger partial charge in [-0.15, -0.1) is 0 Å². The van der Waals surface area contributed by atoms with Gasteiger partial charge in [0.2, 0.25) is 0 Å². The molecule has 0 saturated carbocycles. The summed E-state index contributed by atoms with van der Waals surface area (Å²) in [6, 6.07) is 5.90. The second-order valence-corrected chi connectivity index (χ2v) is 5.05. The molecule has 110 valence electrons. The Kier molecular flexibility index (Phi) is 6.45. The maximum atomic E-state index is 11.7. The molecule has 4 nitrogen and oxygen atoms in total. The molecule has 0 atom stereocenters. The Labute approximate surface area is 125 Å². The van der Waals surface area contributed by atoms with Crippen LogP contribution >= 0.6 is 12.2 Å². The van der Waals surface area contributed by atoms with Crippen LogP contribution in [0.25, 0.3) is 0 Å². The number of benzene rings is 1. The van der Waals surface area contributed by atoms with Gasteiger partial charge in [-0.25, -0.2) is 0 Å². The number of ether oxygens (including phenoxy) is 1. The molecule has 0 saturated heterocycles. The van der Waals surface area contributed by atoms with Crippen LogP contribution in [0.1, 0.15) is 31.4 Å². The van der Waals surface area contributed by atoms with Gasteiger partial charge in [0.05, 0.1) is 6.61 Å². The minimum atomic E-state index is -0.240. The Morgan fingerprint density at radius 3 is 2.65 bits per heavy atom. The number of nitrogens with two attached hydrogens (primary N) is 1. The molecule has 0 radical (unpaired) electrons. The minimum Gasteiger partial charge on any atom is -0.465 e. The summed E-state index contributed by atoms with van der Waals surface area (Å²) < 4.78 is 5.02. The largest absolute Gasteiger partial charge is 0.465 e. The van der Waals surface area contributed by atoms with Gasteiger partial charge in [0.1, 0.15) is 11.5 Å². The van der Waals surface area contributed by atoms with Crippen LogP contribution in [0.4, 0.5) is 5.69 Å². The van der Waals surface area contributed by atoms with E-state index in [-0.39, 0.29) is 12.5 Å². The normalized spacial score (nSPS) is 10.2. The van der Waals surface area contributed by atoms with Crippen molar-refractivity contribution in [3.63, 3.8) is 0 Å². The smallest absolute Gasteiger partial charge is 0.325 e. The third-order valence-corrected chi connectivity index (χ3v) is 3.10. The summed E-state index contributed by atoms with van der Waals surface area (Å²) in [4.78, 5) is 14.0. The van der Waals surface area contributed by atoms with Crippen molar-refractivity contribution in [3.05, 3.63) is 29.3 Å². The molecule has 0 aliphatic heterocycles. The van der Waals surface area contributed by atoms with E-state index >= 15 is 0 Å². The lowest BCUT2D eigenvalue weighted by Crippen LogP contribution is -2.33. The van der Waals surface area contributed by atoms with Crippen LogP contribution in [0, 0.1) is 6.92 Å². The monoisotopic (exact) mass is 294 g/mol. The fourth-order valence-corrected chi connectivity index (χ4v) is 2.20. The van der Waals surface area contributed by atoms with Crippen molar-refractivity contribution >= 4 is 28.9 Å². The average molecular weight is 294 g/mol. The fraction of sp³-hybridized carbons (Fsp3) is 0.467. The van der Waals surface area contributed by atoms with E-state index in [0.717, 1.165) is 29.8 Å². The predicted octanol–water partition coefficient (Wildman–Crippen LogP) is 2.41. The molecule has 0 aliphatic rings. The maximum Gasteiger partial charge on any atom is 0.325 e. The van der Waals surface area contributed by atoms with Crippen molar-refractivity contribution in [1.29, 1.82) is 0 Å². The van der Waals surface area contributed by atoms with Crippen molar-refractivity contribution in [3.8, 4) is 0 Å². The maximum absolute atomic E-state index is 11.7. The SMILES string of the molecule is CCCN(CC(=O)OCC)c1ccc(C)cc1C(N)=S. The number of anilines is 1. The highest BCUT2D eigenvalue weighted by Crippen LogP contribution is 2.22. The lowest BCUT2D eigenvalue weighted by molar-refractivity contribution is -0.141. The first-order valence-electron chi connectivity index (χ1n) is 6.80. The first kappa shape index (κ1) is 16.4. The molecule has 0 bridgehead atoms. The summed E-state index contributed by atoms with van der Waals surface area (Å²) in [5.74, 6) is -0.240. The van der Waals surface area contributed by atoms with E-state index in [2.05, 4.69) is 6.92 Å². The Balaban J connectivity index is 3.07. The number of hydrogen-bond donors (Lipinski definition) is 1. The van der Waals surface area contributed by atoms with E-state index in [0.29, 0.717) is 11.6 Å². The number of nitrogens with zero attached hydrogens (tertiary/aromatic N) is 1. The first-order chi connectivity index (χ1) is 9.49. The Hall–Kier alpha value is -1.62. The van der Waals surface area contributed by atoms with E-state index in [1.165, 1.54) is 0 Å². The molecule has 1 rings (SSSR count). The molecule has 0 aromatic heterocycles. The van der Waals surface area contributed by atoms with Gasteiger partial charge >= 0.3 is 5.97 Å². The van der Waals surface area contributed by atoms with Crippen LogP contribution < -0.4 is 10.6 Å². The quantitative estimate of drug-likeness (QED) is 0.618. The van der Waals surface area contributed by atoms with E-state index in [4.69, 9.17) is 22.7 Å². The summed E-state index contributed by atoms with van der Waals surface area (Å²) >= 11 is 5.11. The van der Waals surface area contributed by atoms with E-state index < -0.39 is 0 Å². The second-order valence-electron chi connectivity index (χ2n) is 4.61. The molecule has 1 aromatic rings. The summed E-state index contributed by atoms with van der Waals surface area (Å²) in [7, 11) is 0. The van der Waals surface area contributed by atoms with Gasteiger partial charge in [0, 0.05) is 17.8 Å². The zero-order chi connectivity index (χ0) is 15.1. The molecule has 0 amide bonds. The summed E-state index contributed by atoms with van der Waals surface area (Å²) in [6.07, 6.45) is 0.921. The van der Waals surface area contributed by atoms with E-state index in [1.807, 2.05) is 30.0 Å². The topological polar surface area (TPSA) is 55.6 Å². The number of thiocarbonyl (C=S) groups is 1. The highest BCUT2D eigenvalue weighted by Gasteiger charge is 2.16. The van der Waals surface area contributed by atoms with Crippen molar-refractivity contribution in [2.45, 2.75) is 27.2 Å². The van der Waals surface area contributed by atoms with Gasteiger partial charge in [0.25, 0.3) is 0 Å². The van der Waals surface area contributed by atoms with Crippen LogP contribution in [0.5, 0.6) is 0 Å². The zero-order valence-electron chi connectivity index (χ0n) is 12.3. The molecule has 1 aromatic carbocycles. The molecule has 20 heavy (non-hydrogen) atoms. The number of esters is 1. The molecular formula is C15H22N2O2S. The average Bonchev–Trinajstić information content (AvgIpc) is 2.38. The van der Waals surface area contributed by atoms with Crippen molar-refractivity contribution in [2.75, 3.05) is 24.6 Å². The Morgan fingerprint density at radius 2 is 2.10 bits per heavy atom. The van der Waals surface area contributed by atoms with Crippen molar-refractivity contribution < 1.29 is 9.53 Å². The van der Waals surface area contributed by atoms with Crippen LogP contribution in [0.2, 0.25) is 0 Å². The van der Waals surface area contributed by atoms with Crippen LogP contribution in [0.3, 0.4) is 0 Å². The molecule has 2 N–H and O–H groups in total. The third kappa shape index (κ3) is 4.49. The molecule has 0 spiro atoms. The predicted molar refractivity (Wildman–Crippen MR) is 86.2 cm³/mol. The second kappa shape index (κ2) is 7.85. The van der Waals surface area contributed by atoms with Gasteiger partial charge in [-0.3, -0.25) is 4.79 Å². The van der Waals surface area contributed by atoms with Crippen molar-refractivity contribution in [2.24, 2.45) is 5.73 Å². The van der Waals surface area contributed by atoms with Gasteiger partial charge in [-0.05, 0) is 32.4 Å². The molecular weight excluding hydrogens is 272 g/mol. The Morgan fingerprint density at radius 1 is 1.40 bits per heavy atom. The van der Waals surface area contributed by atoms with E-state index in [1.54, 1.807) is 6.92 Å². The fourth-order valence-electron chi connectivity index (χ4n) is 2.04. The minimum absolute atomic E-state index is 0.209. The van der Waals surface area contributed by atoms with Crippen LogP contribution in [-0.4, -0.2) is 30.7 Å². The van der Waals surface area contributed by atoms with E-state index in [9.17, 15) is 4.79 Å². The van der Waals surface area contributed by atoms with Crippen LogP contribution in [0.15, 0.2) is 18.2 Å². The summed E-state index contributed by atoms with van der Waals surface area (Å²) in [5, 5.41) is 0. The number of carbonyl (C=O) groups is 1. The Bertz CT molecular complexity index is 489. The van der Waals surface area contributed by atoms with Gasteiger partial charge in [-0.1, -0.05) is 30.8 Å². The molecule has 0 aliphatic carbocycles. The van der Waals surface area contributed by atoms with Gasteiger partial charge < -0.3 is 15.4 Å². The lowest BCUT2D eigenvalue weighted by Gasteiger charge is -2.25. The zero-order valence-corrected chi connectivity index (χ0v) is 13.1. The molecule has 0 unspecified atom stereocenters. The summed E-state index contributed by atoms with van der Waals surface area (Å²) in [5.41, 5.74) is 8.57.